The highest BCUT2D eigenvalue weighted by atomic mass is 32.1. The number of anilines is 1. The molecule has 0 aliphatic carbocycles. The van der Waals surface area contributed by atoms with E-state index in [9.17, 15) is 4.79 Å². The number of hydrogen-bond acceptors (Lipinski definition) is 6. The monoisotopic (exact) mass is 424 g/mol. The first-order valence-corrected chi connectivity index (χ1v) is 11.6. The molecule has 2 N–H and O–H groups in total. The molecule has 3 aromatic rings. The molecule has 6 rings (SSSR count). The van der Waals surface area contributed by atoms with Crippen LogP contribution in [-0.2, 0) is 6.42 Å². The zero-order valence-corrected chi connectivity index (χ0v) is 18.3. The highest BCUT2D eigenvalue weighted by Gasteiger charge is 2.43. The van der Waals surface area contributed by atoms with Crippen LogP contribution in [0, 0.1) is 0 Å². The molecule has 3 fully saturated rings. The Balaban J connectivity index is 1.25. The Morgan fingerprint density at radius 1 is 1.30 bits per heavy atom. The van der Waals surface area contributed by atoms with Gasteiger partial charge in [-0.25, -0.2) is 0 Å². The Morgan fingerprint density at radius 2 is 2.10 bits per heavy atom. The summed E-state index contributed by atoms with van der Waals surface area (Å²) < 4.78 is 0. The van der Waals surface area contributed by atoms with Gasteiger partial charge in [0.2, 0.25) is 10.1 Å². The zero-order valence-electron chi connectivity index (χ0n) is 17.5. The van der Waals surface area contributed by atoms with Crippen molar-refractivity contribution < 1.29 is 4.79 Å². The molecule has 30 heavy (non-hydrogen) atoms. The van der Waals surface area contributed by atoms with Crippen LogP contribution in [0.25, 0.3) is 10.9 Å². The second-order valence-electron chi connectivity index (χ2n) is 8.53. The molecule has 5 heterocycles. The smallest absolute Gasteiger partial charge is 0.282 e. The van der Waals surface area contributed by atoms with Crippen molar-refractivity contribution in [2.45, 2.75) is 50.7 Å². The molecule has 3 saturated heterocycles. The molecule has 0 saturated carbocycles. The quantitative estimate of drug-likeness (QED) is 0.610. The SMILES string of the molecule is CCCC(Cc1c[nH]c2ccccc12)NC(=O)c1nnc(N2CC3CC(C2)N3C)s1. The van der Waals surface area contributed by atoms with Gasteiger partial charge in [0, 0.05) is 48.3 Å². The number of aromatic amines is 1. The molecular weight excluding hydrogens is 396 g/mol. The number of carbonyl (C=O) groups excluding carboxylic acids is 1. The first-order chi connectivity index (χ1) is 14.6. The van der Waals surface area contributed by atoms with Crippen molar-refractivity contribution in [3.63, 3.8) is 0 Å². The Kier molecular flexibility index (Phi) is 5.20. The first kappa shape index (κ1) is 19.5. The number of nitrogens with one attached hydrogen (secondary N) is 2. The van der Waals surface area contributed by atoms with E-state index >= 15 is 0 Å². The third-order valence-corrected chi connectivity index (χ3v) is 7.53. The van der Waals surface area contributed by atoms with Gasteiger partial charge in [0.15, 0.2) is 0 Å². The number of hydrogen-bond donors (Lipinski definition) is 2. The number of likely N-dealkylation sites (N-methyl/N-ethyl adjacent to an activating group) is 1. The van der Waals surface area contributed by atoms with Crippen LogP contribution in [0.2, 0.25) is 0 Å². The molecule has 158 valence electrons. The molecule has 3 aliphatic heterocycles. The molecule has 1 aromatic carbocycles. The van der Waals surface area contributed by atoms with Crippen LogP contribution in [0.15, 0.2) is 30.5 Å². The third-order valence-electron chi connectivity index (χ3n) is 6.55. The molecule has 2 bridgehead atoms. The van der Waals surface area contributed by atoms with E-state index in [0.717, 1.165) is 43.0 Å². The molecular formula is C22H28N6OS. The summed E-state index contributed by atoms with van der Waals surface area (Å²) in [7, 11) is 2.19. The van der Waals surface area contributed by atoms with E-state index in [1.54, 1.807) is 0 Å². The highest BCUT2D eigenvalue weighted by Crippen LogP contribution is 2.34. The first-order valence-electron chi connectivity index (χ1n) is 10.8. The van der Waals surface area contributed by atoms with E-state index in [2.05, 4.69) is 68.7 Å². The fourth-order valence-corrected chi connectivity index (χ4v) is 5.54. The maximum Gasteiger partial charge on any atom is 0.282 e. The van der Waals surface area contributed by atoms with Gasteiger partial charge < -0.3 is 15.2 Å². The van der Waals surface area contributed by atoms with Gasteiger partial charge in [-0.05, 0) is 37.9 Å². The number of aromatic nitrogens is 3. The number of fused-ring (bicyclic) bond motifs is 3. The second kappa shape index (κ2) is 8.00. The minimum absolute atomic E-state index is 0.0744. The highest BCUT2D eigenvalue weighted by molar-refractivity contribution is 7.17. The van der Waals surface area contributed by atoms with Crippen molar-refractivity contribution in [1.29, 1.82) is 0 Å². The summed E-state index contributed by atoms with van der Waals surface area (Å²) >= 11 is 1.41. The van der Waals surface area contributed by atoms with Crippen molar-refractivity contribution in [3.05, 3.63) is 41.0 Å². The number of piperazine rings is 1. The average molecular weight is 425 g/mol. The van der Waals surface area contributed by atoms with Crippen LogP contribution >= 0.6 is 11.3 Å². The number of carbonyl (C=O) groups is 1. The summed E-state index contributed by atoms with van der Waals surface area (Å²) in [6, 6.07) is 9.58. The third kappa shape index (κ3) is 3.58. The molecule has 7 nitrogen and oxygen atoms in total. The summed E-state index contributed by atoms with van der Waals surface area (Å²) in [6.07, 6.45) is 6.07. The van der Waals surface area contributed by atoms with Gasteiger partial charge in [0.25, 0.3) is 5.91 Å². The van der Waals surface area contributed by atoms with Crippen molar-refractivity contribution in [3.8, 4) is 0 Å². The number of piperidine rings is 1. The van der Waals surface area contributed by atoms with E-state index < -0.39 is 0 Å². The lowest BCUT2D eigenvalue weighted by atomic mass is 9.89. The molecule has 8 heteroatoms. The van der Waals surface area contributed by atoms with E-state index in [1.165, 1.54) is 28.7 Å². The standard InChI is InChI=1S/C22H28N6OS/c1-3-6-15(9-14-11-23-19-8-5-4-7-18(14)19)24-20(29)21-25-26-22(30-21)28-12-16-10-17(13-28)27(16)2/h4-5,7-8,11,15-17,23H,3,6,9-10,12-13H2,1-2H3,(H,24,29). The maximum absolute atomic E-state index is 12.9. The lowest BCUT2D eigenvalue weighted by Crippen LogP contribution is -2.67. The van der Waals surface area contributed by atoms with Gasteiger partial charge in [-0.1, -0.05) is 42.9 Å². The van der Waals surface area contributed by atoms with Crippen LogP contribution in [-0.4, -0.2) is 64.3 Å². The van der Waals surface area contributed by atoms with Crippen LogP contribution in [0.3, 0.4) is 0 Å². The lowest BCUT2D eigenvalue weighted by Gasteiger charge is -2.54. The van der Waals surface area contributed by atoms with E-state index in [1.807, 2.05) is 6.07 Å². The Labute approximate surface area is 180 Å². The summed E-state index contributed by atoms with van der Waals surface area (Å²) in [5.41, 5.74) is 2.37. The summed E-state index contributed by atoms with van der Waals surface area (Å²) in [6.45, 7) is 4.10. The fourth-order valence-electron chi connectivity index (χ4n) is 4.77. The molecule has 3 aliphatic rings. The predicted octanol–water partition coefficient (Wildman–Crippen LogP) is 3.05. The summed E-state index contributed by atoms with van der Waals surface area (Å²) in [5.74, 6) is -0.115. The van der Waals surface area contributed by atoms with Gasteiger partial charge in [-0.15, -0.1) is 10.2 Å². The minimum Gasteiger partial charge on any atom is -0.361 e. The second-order valence-corrected chi connectivity index (χ2v) is 9.48. The molecule has 2 aromatic heterocycles. The van der Waals surface area contributed by atoms with Crippen molar-refractivity contribution in [1.82, 2.24) is 25.4 Å². The largest absolute Gasteiger partial charge is 0.361 e. The van der Waals surface area contributed by atoms with Gasteiger partial charge in [-0.2, -0.15) is 0 Å². The van der Waals surface area contributed by atoms with Crippen LogP contribution < -0.4 is 10.2 Å². The van der Waals surface area contributed by atoms with E-state index in [4.69, 9.17) is 0 Å². The molecule has 0 radical (unpaired) electrons. The molecule has 3 unspecified atom stereocenters. The van der Waals surface area contributed by atoms with Gasteiger partial charge in [0.05, 0.1) is 0 Å². The van der Waals surface area contributed by atoms with Crippen LogP contribution in [0.1, 0.15) is 41.6 Å². The minimum atomic E-state index is -0.115. The summed E-state index contributed by atoms with van der Waals surface area (Å²) in [5, 5.41) is 14.3. The average Bonchev–Trinajstić information content (AvgIpc) is 3.42. The van der Waals surface area contributed by atoms with Gasteiger partial charge in [-0.3, -0.25) is 9.69 Å². The number of rotatable bonds is 7. The number of para-hydroxylation sites is 1. The normalized spacial score (nSPS) is 22.1. The van der Waals surface area contributed by atoms with Gasteiger partial charge >= 0.3 is 0 Å². The zero-order chi connectivity index (χ0) is 20.7. The van der Waals surface area contributed by atoms with E-state index in [0.29, 0.717) is 17.1 Å². The number of amides is 1. The van der Waals surface area contributed by atoms with Crippen LogP contribution in [0.5, 0.6) is 0 Å². The van der Waals surface area contributed by atoms with Crippen LogP contribution in [0.4, 0.5) is 5.13 Å². The number of H-pyrrole nitrogens is 1. The Morgan fingerprint density at radius 3 is 2.87 bits per heavy atom. The molecule has 0 spiro atoms. The van der Waals surface area contributed by atoms with Crippen molar-refractivity contribution in [2.75, 3.05) is 25.0 Å². The van der Waals surface area contributed by atoms with Crippen molar-refractivity contribution >= 4 is 33.3 Å². The van der Waals surface area contributed by atoms with E-state index in [-0.39, 0.29) is 11.9 Å². The fraction of sp³-hybridized carbons (Fsp3) is 0.500. The topological polar surface area (TPSA) is 77.1 Å². The lowest BCUT2D eigenvalue weighted by molar-refractivity contribution is 0.0263. The summed E-state index contributed by atoms with van der Waals surface area (Å²) in [4.78, 5) is 21.0. The predicted molar refractivity (Wildman–Crippen MR) is 120 cm³/mol. The molecule has 1 amide bonds. The maximum atomic E-state index is 12.9. The number of benzene rings is 1. The van der Waals surface area contributed by atoms with Gasteiger partial charge in [0.1, 0.15) is 0 Å². The molecule has 3 atom stereocenters. The Hall–Kier alpha value is -2.45. The Bertz CT molecular complexity index is 1030. The number of nitrogens with zero attached hydrogens (tertiary/aromatic N) is 4. The van der Waals surface area contributed by atoms with Crippen molar-refractivity contribution in [2.24, 2.45) is 0 Å².